The summed E-state index contributed by atoms with van der Waals surface area (Å²) in [6.45, 7) is 1.53. The Labute approximate surface area is 111 Å². The summed E-state index contributed by atoms with van der Waals surface area (Å²) in [7, 11) is 2.98. The van der Waals surface area contributed by atoms with Crippen molar-refractivity contribution >= 4 is 11.8 Å². The molecule has 0 aliphatic carbocycles. The van der Waals surface area contributed by atoms with Gasteiger partial charge in [-0.2, -0.15) is 0 Å². The van der Waals surface area contributed by atoms with Crippen LogP contribution in [0.4, 0.5) is 0 Å². The maximum Gasteiger partial charge on any atom is 0.256 e. The number of nitrogens with one attached hydrogen (secondary N) is 2. The van der Waals surface area contributed by atoms with E-state index in [2.05, 4.69) is 5.32 Å². The molecule has 7 heteroatoms. The Morgan fingerprint density at radius 1 is 1.21 bits per heavy atom. The Morgan fingerprint density at radius 3 is 2.37 bits per heavy atom. The van der Waals surface area contributed by atoms with Crippen molar-refractivity contribution in [3.8, 4) is 11.5 Å². The number of hydrogen-bond acceptors (Lipinski definition) is 5. The van der Waals surface area contributed by atoms with Crippen LogP contribution in [0.25, 0.3) is 0 Å². The van der Waals surface area contributed by atoms with Crippen molar-refractivity contribution in [3.05, 3.63) is 23.8 Å². The van der Waals surface area contributed by atoms with Crippen molar-refractivity contribution in [3.63, 3.8) is 0 Å². The SMILES string of the molecule is COc1ccc(C(=O)N[C@H](C)C(=O)NN)cc1OC. The van der Waals surface area contributed by atoms with Gasteiger partial charge in [0.15, 0.2) is 11.5 Å². The third kappa shape index (κ3) is 3.59. The molecular formula is C12H17N3O4. The lowest BCUT2D eigenvalue weighted by Gasteiger charge is -2.13. The predicted octanol–water partition coefficient (Wildman–Crippen LogP) is -0.188. The smallest absolute Gasteiger partial charge is 0.256 e. The largest absolute Gasteiger partial charge is 0.493 e. The van der Waals surface area contributed by atoms with Crippen molar-refractivity contribution < 1.29 is 19.1 Å². The van der Waals surface area contributed by atoms with Crippen molar-refractivity contribution in [2.75, 3.05) is 14.2 Å². The van der Waals surface area contributed by atoms with E-state index in [0.29, 0.717) is 17.1 Å². The van der Waals surface area contributed by atoms with Gasteiger partial charge >= 0.3 is 0 Å². The average molecular weight is 267 g/mol. The molecule has 0 fully saturated rings. The number of carbonyl (C=O) groups is 2. The van der Waals surface area contributed by atoms with Gasteiger partial charge in [0.1, 0.15) is 6.04 Å². The van der Waals surface area contributed by atoms with Gasteiger partial charge in [0.05, 0.1) is 14.2 Å². The lowest BCUT2D eigenvalue weighted by Crippen LogP contribution is -2.47. The number of ether oxygens (including phenoxy) is 2. The molecule has 0 spiro atoms. The topological polar surface area (TPSA) is 103 Å². The highest BCUT2D eigenvalue weighted by Gasteiger charge is 2.16. The summed E-state index contributed by atoms with van der Waals surface area (Å²) in [5.74, 6) is 5.06. The molecule has 0 radical (unpaired) electrons. The number of methoxy groups -OCH3 is 2. The Morgan fingerprint density at radius 2 is 1.84 bits per heavy atom. The van der Waals surface area contributed by atoms with Crippen LogP contribution in [0.1, 0.15) is 17.3 Å². The van der Waals surface area contributed by atoms with Crippen LogP contribution in [0.15, 0.2) is 18.2 Å². The highest BCUT2D eigenvalue weighted by molar-refractivity contribution is 5.97. The highest BCUT2D eigenvalue weighted by atomic mass is 16.5. The molecule has 0 aliphatic heterocycles. The first-order chi connectivity index (χ1) is 9.03. The van der Waals surface area contributed by atoms with E-state index in [1.165, 1.54) is 27.2 Å². The molecule has 0 unspecified atom stereocenters. The molecule has 0 saturated carbocycles. The fourth-order valence-corrected chi connectivity index (χ4v) is 1.45. The molecule has 2 amide bonds. The quantitative estimate of drug-likeness (QED) is 0.390. The third-order valence-corrected chi connectivity index (χ3v) is 2.53. The van der Waals surface area contributed by atoms with Gasteiger partial charge in [-0.3, -0.25) is 15.0 Å². The fraction of sp³-hybridized carbons (Fsp3) is 0.333. The van der Waals surface area contributed by atoms with Gasteiger partial charge in [0.25, 0.3) is 11.8 Å². The van der Waals surface area contributed by atoms with Crippen LogP contribution in [-0.2, 0) is 4.79 Å². The maximum absolute atomic E-state index is 11.9. The van der Waals surface area contributed by atoms with Gasteiger partial charge in [0.2, 0.25) is 0 Å². The van der Waals surface area contributed by atoms with Gasteiger partial charge in [0, 0.05) is 5.56 Å². The Hall–Kier alpha value is -2.28. The fourth-order valence-electron chi connectivity index (χ4n) is 1.45. The zero-order chi connectivity index (χ0) is 14.4. The van der Waals surface area contributed by atoms with Crippen LogP contribution in [-0.4, -0.2) is 32.1 Å². The monoisotopic (exact) mass is 267 g/mol. The first kappa shape index (κ1) is 14.8. The number of benzene rings is 1. The summed E-state index contributed by atoms with van der Waals surface area (Å²) < 4.78 is 10.2. The number of amides is 2. The van der Waals surface area contributed by atoms with Crippen LogP contribution >= 0.6 is 0 Å². The summed E-state index contributed by atoms with van der Waals surface area (Å²) in [6, 6.07) is 3.98. The minimum absolute atomic E-state index is 0.356. The van der Waals surface area contributed by atoms with E-state index in [0.717, 1.165) is 0 Å². The summed E-state index contributed by atoms with van der Waals surface area (Å²) in [5, 5.41) is 2.51. The molecule has 0 aromatic heterocycles. The minimum Gasteiger partial charge on any atom is -0.493 e. The highest BCUT2D eigenvalue weighted by Crippen LogP contribution is 2.27. The molecule has 104 valence electrons. The molecule has 7 nitrogen and oxygen atoms in total. The number of nitrogens with two attached hydrogens (primary N) is 1. The second kappa shape index (κ2) is 6.60. The lowest BCUT2D eigenvalue weighted by atomic mass is 10.1. The van der Waals surface area contributed by atoms with E-state index in [9.17, 15) is 9.59 Å². The summed E-state index contributed by atoms with van der Waals surface area (Å²) >= 11 is 0. The lowest BCUT2D eigenvalue weighted by molar-refractivity contribution is -0.122. The maximum atomic E-state index is 11.9. The molecule has 0 saturated heterocycles. The predicted molar refractivity (Wildman–Crippen MR) is 68.8 cm³/mol. The molecule has 1 atom stereocenters. The Kier molecular flexibility index (Phi) is 5.13. The van der Waals surface area contributed by atoms with Gasteiger partial charge in [-0.05, 0) is 25.1 Å². The first-order valence-electron chi connectivity index (χ1n) is 5.56. The number of hydrogen-bond donors (Lipinski definition) is 3. The van der Waals surface area contributed by atoms with Crippen LogP contribution in [0.2, 0.25) is 0 Å². The van der Waals surface area contributed by atoms with Crippen molar-refractivity contribution in [1.82, 2.24) is 10.7 Å². The minimum atomic E-state index is -0.731. The Bertz CT molecular complexity index is 476. The molecule has 0 bridgehead atoms. The molecule has 1 aromatic rings. The van der Waals surface area contributed by atoms with Crippen molar-refractivity contribution in [1.29, 1.82) is 0 Å². The second-order valence-corrected chi connectivity index (χ2v) is 3.77. The molecule has 1 aromatic carbocycles. The number of carbonyl (C=O) groups excluding carboxylic acids is 2. The van der Waals surface area contributed by atoms with E-state index in [-0.39, 0.29) is 0 Å². The molecule has 0 heterocycles. The summed E-state index contributed by atoms with van der Waals surface area (Å²) in [4.78, 5) is 23.1. The van der Waals surface area contributed by atoms with E-state index in [4.69, 9.17) is 15.3 Å². The molecular weight excluding hydrogens is 250 g/mol. The average Bonchev–Trinajstić information content (AvgIpc) is 2.45. The zero-order valence-electron chi connectivity index (χ0n) is 11.0. The van der Waals surface area contributed by atoms with Gasteiger partial charge in [-0.15, -0.1) is 0 Å². The molecule has 4 N–H and O–H groups in total. The van der Waals surface area contributed by atoms with Crippen molar-refractivity contribution in [2.24, 2.45) is 5.84 Å². The summed E-state index contributed by atoms with van der Waals surface area (Å²) in [5.41, 5.74) is 2.32. The normalized spacial score (nSPS) is 11.4. The van der Waals surface area contributed by atoms with E-state index >= 15 is 0 Å². The molecule has 19 heavy (non-hydrogen) atoms. The zero-order valence-corrected chi connectivity index (χ0v) is 11.0. The number of rotatable bonds is 5. The van der Waals surface area contributed by atoms with Gasteiger partial charge < -0.3 is 14.8 Å². The van der Waals surface area contributed by atoms with E-state index < -0.39 is 17.9 Å². The van der Waals surface area contributed by atoms with Gasteiger partial charge in [-0.25, -0.2) is 5.84 Å². The van der Waals surface area contributed by atoms with Crippen LogP contribution < -0.4 is 26.1 Å². The van der Waals surface area contributed by atoms with Crippen LogP contribution in [0.3, 0.4) is 0 Å². The summed E-state index contributed by atoms with van der Waals surface area (Å²) in [6.07, 6.45) is 0. The van der Waals surface area contributed by atoms with Gasteiger partial charge in [-0.1, -0.05) is 0 Å². The standard InChI is InChI=1S/C12H17N3O4/c1-7(11(16)15-13)14-12(17)8-4-5-9(18-2)10(6-8)19-3/h4-7H,13H2,1-3H3,(H,14,17)(H,15,16)/t7-/m1/s1. The Balaban J connectivity index is 2.85. The van der Waals surface area contributed by atoms with Crippen LogP contribution in [0.5, 0.6) is 11.5 Å². The van der Waals surface area contributed by atoms with Crippen molar-refractivity contribution in [2.45, 2.75) is 13.0 Å². The number of hydrazine groups is 1. The first-order valence-corrected chi connectivity index (χ1v) is 5.56. The van der Waals surface area contributed by atoms with E-state index in [1.807, 2.05) is 5.43 Å². The second-order valence-electron chi connectivity index (χ2n) is 3.77. The van der Waals surface area contributed by atoms with E-state index in [1.54, 1.807) is 12.1 Å². The molecule has 1 rings (SSSR count). The van der Waals surface area contributed by atoms with Crippen LogP contribution in [0, 0.1) is 0 Å². The molecule has 0 aliphatic rings. The third-order valence-electron chi connectivity index (χ3n) is 2.53.